The molecule has 1 aromatic heterocycles. The van der Waals surface area contributed by atoms with Crippen LogP contribution in [0.4, 0.5) is 5.82 Å². The summed E-state index contributed by atoms with van der Waals surface area (Å²) in [6, 6.07) is 4.16. The first-order valence-corrected chi connectivity index (χ1v) is 7.72. The van der Waals surface area contributed by atoms with E-state index in [0.717, 1.165) is 45.2 Å². The van der Waals surface area contributed by atoms with Crippen molar-refractivity contribution in [3.63, 3.8) is 0 Å². The Labute approximate surface area is 127 Å². The maximum Gasteiger partial charge on any atom is 0.133 e. The normalized spacial score (nSPS) is 19.0. The Balaban J connectivity index is 1.97. The summed E-state index contributed by atoms with van der Waals surface area (Å²) in [7, 11) is 3.51. The van der Waals surface area contributed by atoms with Gasteiger partial charge in [-0.25, -0.2) is 4.98 Å². The van der Waals surface area contributed by atoms with Crippen LogP contribution in [0.5, 0.6) is 0 Å². The second kappa shape index (κ2) is 8.97. The van der Waals surface area contributed by atoms with E-state index in [2.05, 4.69) is 21.3 Å². The lowest BCUT2D eigenvalue weighted by molar-refractivity contribution is 0.143. The monoisotopic (exact) mass is 293 g/mol. The highest BCUT2D eigenvalue weighted by Crippen LogP contribution is 2.24. The molecule has 5 heteroatoms. The van der Waals surface area contributed by atoms with Crippen molar-refractivity contribution in [3.05, 3.63) is 23.9 Å². The van der Waals surface area contributed by atoms with Crippen molar-refractivity contribution in [1.82, 2.24) is 10.3 Å². The van der Waals surface area contributed by atoms with Gasteiger partial charge in [0.05, 0.1) is 13.2 Å². The Hall–Kier alpha value is -1.17. The van der Waals surface area contributed by atoms with Crippen molar-refractivity contribution < 1.29 is 9.47 Å². The zero-order valence-corrected chi connectivity index (χ0v) is 13.2. The smallest absolute Gasteiger partial charge is 0.133 e. The van der Waals surface area contributed by atoms with Gasteiger partial charge in [0.2, 0.25) is 0 Å². The van der Waals surface area contributed by atoms with Gasteiger partial charge < -0.3 is 19.7 Å². The Kier molecular flexibility index (Phi) is 6.92. The van der Waals surface area contributed by atoms with E-state index in [0.29, 0.717) is 5.92 Å². The Bertz CT molecular complexity index is 412. The lowest BCUT2D eigenvalue weighted by atomic mass is 9.98. The number of methoxy groups -OCH3 is 2. The number of hydrogen-bond donors (Lipinski definition) is 1. The van der Waals surface area contributed by atoms with Gasteiger partial charge in [-0.05, 0) is 24.8 Å². The second-order valence-corrected chi connectivity index (χ2v) is 5.57. The first-order valence-electron chi connectivity index (χ1n) is 7.72. The number of nitrogens with zero attached hydrogens (tertiary/aromatic N) is 2. The molecule has 0 aromatic carbocycles. The molecule has 0 spiro atoms. The summed E-state index contributed by atoms with van der Waals surface area (Å²) in [6.07, 6.45) is 4.34. The molecule has 1 N–H and O–H groups in total. The third kappa shape index (κ3) is 4.95. The summed E-state index contributed by atoms with van der Waals surface area (Å²) < 4.78 is 10.4. The molecule has 1 aliphatic rings. The first kappa shape index (κ1) is 16.2. The molecule has 2 rings (SSSR count). The molecule has 1 fully saturated rings. The molecule has 1 aromatic rings. The van der Waals surface area contributed by atoms with Crippen LogP contribution in [0.3, 0.4) is 0 Å². The molecular formula is C16H27N3O2. The van der Waals surface area contributed by atoms with Crippen LogP contribution in [-0.4, -0.2) is 52.1 Å². The van der Waals surface area contributed by atoms with E-state index in [1.165, 1.54) is 18.4 Å². The van der Waals surface area contributed by atoms with Gasteiger partial charge in [0.25, 0.3) is 0 Å². The van der Waals surface area contributed by atoms with Crippen molar-refractivity contribution in [2.24, 2.45) is 5.92 Å². The van der Waals surface area contributed by atoms with E-state index < -0.39 is 0 Å². The summed E-state index contributed by atoms with van der Waals surface area (Å²) in [4.78, 5) is 7.01. The molecule has 1 aliphatic heterocycles. The van der Waals surface area contributed by atoms with Crippen LogP contribution in [-0.2, 0) is 16.0 Å². The van der Waals surface area contributed by atoms with Crippen molar-refractivity contribution in [2.45, 2.75) is 19.4 Å². The van der Waals surface area contributed by atoms with Gasteiger partial charge in [-0.2, -0.15) is 0 Å². The zero-order chi connectivity index (χ0) is 14.9. The van der Waals surface area contributed by atoms with Crippen molar-refractivity contribution in [3.8, 4) is 0 Å². The number of pyridine rings is 1. The van der Waals surface area contributed by atoms with Gasteiger partial charge in [-0.3, -0.25) is 0 Å². The fourth-order valence-corrected chi connectivity index (χ4v) is 2.88. The minimum Gasteiger partial charge on any atom is -0.384 e. The highest BCUT2D eigenvalue weighted by Gasteiger charge is 2.22. The number of piperidine rings is 1. The third-order valence-corrected chi connectivity index (χ3v) is 3.89. The lowest BCUT2D eigenvalue weighted by Crippen LogP contribution is -2.38. The van der Waals surface area contributed by atoms with Crippen LogP contribution in [0.25, 0.3) is 0 Å². The standard InChI is InChI=1S/C16H27N3O2/c1-20-10-8-17-11-15-6-3-7-18-16(15)19-9-4-5-14(12-19)13-21-2/h3,6-7,14,17H,4-5,8-13H2,1-2H3. The highest BCUT2D eigenvalue weighted by molar-refractivity contribution is 5.47. The number of ether oxygens (including phenoxy) is 2. The Morgan fingerprint density at radius 3 is 3.10 bits per heavy atom. The Morgan fingerprint density at radius 1 is 1.38 bits per heavy atom. The van der Waals surface area contributed by atoms with Gasteiger partial charge in [0.1, 0.15) is 5.82 Å². The van der Waals surface area contributed by atoms with Crippen LogP contribution in [0, 0.1) is 5.92 Å². The Morgan fingerprint density at radius 2 is 2.29 bits per heavy atom. The topological polar surface area (TPSA) is 46.6 Å². The molecular weight excluding hydrogens is 266 g/mol. The predicted octanol–water partition coefficient (Wildman–Crippen LogP) is 1.68. The fourth-order valence-electron chi connectivity index (χ4n) is 2.88. The predicted molar refractivity (Wildman–Crippen MR) is 84.6 cm³/mol. The largest absolute Gasteiger partial charge is 0.384 e. The van der Waals surface area contributed by atoms with Gasteiger partial charge in [0, 0.05) is 52.2 Å². The number of hydrogen-bond acceptors (Lipinski definition) is 5. The maximum absolute atomic E-state index is 5.31. The molecule has 0 saturated carbocycles. The van der Waals surface area contributed by atoms with Crippen LogP contribution in [0.1, 0.15) is 18.4 Å². The molecule has 21 heavy (non-hydrogen) atoms. The number of anilines is 1. The molecule has 0 amide bonds. The quantitative estimate of drug-likeness (QED) is 0.739. The fraction of sp³-hybridized carbons (Fsp3) is 0.688. The summed E-state index contributed by atoms with van der Waals surface area (Å²) in [5.74, 6) is 1.73. The van der Waals surface area contributed by atoms with E-state index in [4.69, 9.17) is 9.47 Å². The number of aromatic nitrogens is 1. The van der Waals surface area contributed by atoms with Crippen molar-refractivity contribution >= 4 is 5.82 Å². The lowest BCUT2D eigenvalue weighted by Gasteiger charge is -2.34. The van der Waals surface area contributed by atoms with E-state index in [9.17, 15) is 0 Å². The highest BCUT2D eigenvalue weighted by atomic mass is 16.5. The summed E-state index contributed by atoms with van der Waals surface area (Å²) in [5, 5.41) is 3.40. The molecule has 1 saturated heterocycles. The van der Waals surface area contributed by atoms with E-state index in [1.807, 2.05) is 12.3 Å². The average Bonchev–Trinajstić information content (AvgIpc) is 2.53. The molecule has 118 valence electrons. The summed E-state index contributed by atoms with van der Waals surface area (Å²) in [6.45, 7) is 5.38. The molecule has 1 unspecified atom stereocenters. The zero-order valence-electron chi connectivity index (χ0n) is 13.2. The molecule has 0 bridgehead atoms. The molecule has 0 radical (unpaired) electrons. The summed E-state index contributed by atoms with van der Waals surface area (Å²) >= 11 is 0. The molecule has 5 nitrogen and oxygen atoms in total. The van der Waals surface area contributed by atoms with Crippen molar-refractivity contribution in [1.29, 1.82) is 0 Å². The van der Waals surface area contributed by atoms with Gasteiger partial charge >= 0.3 is 0 Å². The second-order valence-electron chi connectivity index (χ2n) is 5.57. The number of nitrogens with one attached hydrogen (secondary N) is 1. The van der Waals surface area contributed by atoms with Gasteiger partial charge in [-0.15, -0.1) is 0 Å². The van der Waals surface area contributed by atoms with Crippen molar-refractivity contribution in [2.75, 3.05) is 52.0 Å². The SMILES string of the molecule is COCCNCc1cccnc1N1CCCC(COC)C1. The molecule has 0 aliphatic carbocycles. The maximum atomic E-state index is 5.31. The van der Waals surface area contributed by atoms with Gasteiger partial charge in [-0.1, -0.05) is 6.07 Å². The van der Waals surface area contributed by atoms with Gasteiger partial charge in [0.15, 0.2) is 0 Å². The molecule has 1 atom stereocenters. The van der Waals surface area contributed by atoms with E-state index in [1.54, 1.807) is 14.2 Å². The van der Waals surface area contributed by atoms with Crippen LogP contribution in [0.2, 0.25) is 0 Å². The average molecular weight is 293 g/mol. The summed E-state index contributed by atoms with van der Waals surface area (Å²) in [5.41, 5.74) is 1.26. The molecule has 2 heterocycles. The minimum atomic E-state index is 0.611. The minimum absolute atomic E-state index is 0.611. The van der Waals surface area contributed by atoms with Crippen LogP contribution in [0.15, 0.2) is 18.3 Å². The van der Waals surface area contributed by atoms with Crippen LogP contribution < -0.4 is 10.2 Å². The third-order valence-electron chi connectivity index (χ3n) is 3.89. The van der Waals surface area contributed by atoms with E-state index >= 15 is 0 Å². The first-order chi connectivity index (χ1) is 10.3. The van der Waals surface area contributed by atoms with Crippen LogP contribution >= 0.6 is 0 Å². The van der Waals surface area contributed by atoms with E-state index in [-0.39, 0.29) is 0 Å². The number of rotatable bonds is 8.